The Hall–Kier alpha value is -1.25. The molecule has 0 heterocycles. The van der Waals surface area contributed by atoms with Crippen LogP contribution in [0.15, 0.2) is 42.5 Å². The first-order valence-corrected chi connectivity index (χ1v) is 8.64. The van der Waals surface area contributed by atoms with Crippen LogP contribution in [0, 0.1) is 20.8 Å². The number of aryl methyl sites for hydroxylation is 3. The van der Waals surface area contributed by atoms with Crippen LogP contribution in [-0.2, 0) is 11.1 Å². The van der Waals surface area contributed by atoms with Gasteiger partial charge >= 0.3 is 0 Å². The highest BCUT2D eigenvalue weighted by atomic mass is 31.2. The molecule has 0 aromatic heterocycles. The molecular weight excluding hydrogens is 293 g/mol. The van der Waals surface area contributed by atoms with E-state index in [9.17, 15) is 4.89 Å². The van der Waals surface area contributed by atoms with Crippen molar-refractivity contribution in [1.29, 1.82) is 0 Å². The average molecular weight is 319 g/mol. The van der Waals surface area contributed by atoms with Crippen molar-refractivity contribution in [3.63, 3.8) is 0 Å². The molecule has 2 aromatic rings. The zero-order valence-corrected chi connectivity index (χ0v) is 14.7. The molecule has 0 saturated carbocycles. The summed E-state index contributed by atoms with van der Waals surface area (Å²) in [5.41, 5.74) is 10.5. The number of nitrogens with two attached hydrogens (primary N) is 1. The highest BCUT2D eigenvalue weighted by Gasteiger charge is 2.11. The quantitative estimate of drug-likeness (QED) is 0.844. The summed E-state index contributed by atoms with van der Waals surface area (Å²) in [7, 11) is -1.48. The van der Waals surface area contributed by atoms with Crippen molar-refractivity contribution in [3.05, 3.63) is 64.7 Å². The lowest BCUT2D eigenvalue weighted by Gasteiger charge is -2.12. The first kappa shape index (κ1) is 18.8. The van der Waals surface area contributed by atoms with Gasteiger partial charge in [0.05, 0.1) is 6.61 Å². The minimum atomic E-state index is -1.48. The Balaban J connectivity index is 0.000000235. The van der Waals surface area contributed by atoms with E-state index in [-0.39, 0.29) is 0 Å². The molecule has 0 amide bonds. The first-order chi connectivity index (χ1) is 10.5. The summed E-state index contributed by atoms with van der Waals surface area (Å²) in [6.07, 6.45) is 0. The molecule has 120 valence electrons. The second kappa shape index (κ2) is 9.70. The fraction of sp³-hybridized carbons (Fsp3) is 0.333. The van der Waals surface area contributed by atoms with Crippen molar-refractivity contribution in [2.75, 3.05) is 6.61 Å². The normalized spacial score (nSPS) is 11.5. The van der Waals surface area contributed by atoms with Gasteiger partial charge in [0.2, 0.25) is 8.38 Å². The van der Waals surface area contributed by atoms with Gasteiger partial charge in [0.1, 0.15) is 0 Å². The highest BCUT2D eigenvalue weighted by molar-refractivity contribution is 7.55. The number of hydrogen-bond acceptors (Lipinski definition) is 3. The summed E-state index contributed by atoms with van der Waals surface area (Å²) >= 11 is 0. The molecule has 0 aliphatic carbocycles. The molecule has 2 rings (SSSR count). The van der Waals surface area contributed by atoms with Crippen molar-refractivity contribution < 1.29 is 9.42 Å². The second-order valence-corrected chi connectivity index (χ2v) is 6.47. The molecule has 0 saturated heterocycles. The van der Waals surface area contributed by atoms with E-state index in [1.54, 1.807) is 0 Å². The predicted octanol–water partition coefficient (Wildman–Crippen LogP) is 3.72. The molecule has 3 nitrogen and oxygen atoms in total. The Kier molecular flexibility index (Phi) is 8.29. The molecule has 1 atom stereocenters. The van der Waals surface area contributed by atoms with Gasteiger partial charge in [-0.05, 0) is 39.3 Å². The van der Waals surface area contributed by atoms with Crippen LogP contribution in [0.4, 0.5) is 0 Å². The topological polar surface area (TPSA) is 55.5 Å². The number of hydrogen-bond donors (Lipinski definition) is 2. The standard InChI is InChI=1S/C9H14NO2P.C9H12/c1-2-12-13(11)9-6-4-3-5-8(9)7-10;1-7-4-8(2)6-9(3)5-7/h3-6,11H,2,7,10H2,1H3;4-6H,1-3H3. The van der Waals surface area contributed by atoms with E-state index >= 15 is 0 Å². The van der Waals surface area contributed by atoms with E-state index in [0.29, 0.717) is 13.2 Å². The maximum absolute atomic E-state index is 9.62. The van der Waals surface area contributed by atoms with Crippen molar-refractivity contribution in [1.82, 2.24) is 0 Å². The van der Waals surface area contributed by atoms with E-state index in [0.717, 1.165) is 10.9 Å². The van der Waals surface area contributed by atoms with Gasteiger partial charge in [-0.15, -0.1) is 0 Å². The monoisotopic (exact) mass is 319 g/mol. The molecule has 0 aliphatic heterocycles. The summed E-state index contributed by atoms with van der Waals surface area (Å²) in [6.45, 7) is 9.18. The van der Waals surface area contributed by atoms with Crippen molar-refractivity contribution in [2.45, 2.75) is 34.2 Å². The molecule has 0 spiro atoms. The Bertz CT molecular complexity index is 537. The maximum atomic E-state index is 9.62. The van der Waals surface area contributed by atoms with Crippen LogP contribution in [0.3, 0.4) is 0 Å². The Labute approximate surface area is 135 Å². The third-order valence-corrected chi connectivity index (χ3v) is 4.39. The third kappa shape index (κ3) is 6.25. The maximum Gasteiger partial charge on any atom is 0.202 e. The van der Waals surface area contributed by atoms with Gasteiger partial charge in [-0.25, -0.2) is 0 Å². The summed E-state index contributed by atoms with van der Waals surface area (Å²) < 4.78 is 5.14. The molecule has 0 radical (unpaired) electrons. The van der Waals surface area contributed by atoms with Gasteiger partial charge < -0.3 is 15.2 Å². The lowest BCUT2D eigenvalue weighted by Crippen LogP contribution is -2.13. The van der Waals surface area contributed by atoms with Gasteiger partial charge in [0.25, 0.3) is 0 Å². The van der Waals surface area contributed by atoms with E-state index in [1.807, 2.05) is 31.2 Å². The van der Waals surface area contributed by atoms with Gasteiger partial charge in [-0.1, -0.05) is 53.1 Å². The zero-order valence-electron chi connectivity index (χ0n) is 13.8. The van der Waals surface area contributed by atoms with Crippen molar-refractivity contribution >= 4 is 13.7 Å². The molecule has 3 N–H and O–H groups in total. The van der Waals surface area contributed by atoms with Crippen LogP contribution < -0.4 is 11.0 Å². The molecular formula is C18H26NO2P. The van der Waals surface area contributed by atoms with Crippen LogP contribution in [0.25, 0.3) is 0 Å². The number of benzene rings is 2. The molecule has 0 aliphatic rings. The Morgan fingerprint density at radius 3 is 1.95 bits per heavy atom. The summed E-state index contributed by atoms with van der Waals surface area (Å²) in [4.78, 5) is 9.62. The summed E-state index contributed by atoms with van der Waals surface area (Å²) in [6, 6.07) is 14.1. The molecule has 1 unspecified atom stereocenters. The second-order valence-electron chi connectivity index (χ2n) is 5.19. The molecule has 2 aromatic carbocycles. The van der Waals surface area contributed by atoms with Crippen LogP contribution in [0.1, 0.15) is 29.2 Å². The van der Waals surface area contributed by atoms with Crippen LogP contribution in [-0.4, -0.2) is 11.5 Å². The van der Waals surface area contributed by atoms with E-state index in [4.69, 9.17) is 10.3 Å². The fourth-order valence-electron chi connectivity index (χ4n) is 2.26. The number of rotatable bonds is 4. The predicted molar refractivity (Wildman–Crippen MR) is 95.4 cm³/mol. The highest BCUT2D eigenvalue weighted by Crippen LogP contribution is 2.31. The van der Waals surface area contributed by atoms with Crippen LogP contribution in [0.2, 0.25) is 0 Å². The minimum absolute atomic E-state index is 0.433. The summed E-state index contributed by atoms with van der Waals surface area (Å²) in [5, 5.41) is 0.821. The average Bonchev–Trinajstić information content (AvgIpc) is 2.46. The molecule has 4 heteroatoms. The molecule has 0 fully saturated rings. The molecule has 0 bridgehead atoms. The third-order valence-electron chi connectivity index (χ3n) is 3.04. The smallest absolute Gasteiger partial charge is 0.202 e. The lowest BCUT2D eigenvalue weighted by atomic mass is 10.1. The van der Waals surface area contributed by atoms with E-state index < -0.39 is 8.38 Å². The fourth-order valence-corrected chi connectivity index (χ4v) is 3.27. The SMILES string of the molecule is CCOP(O)c1ccccc1CN.Cc1cc(C)cc(C)c1. The van der Waals surface area contributed by atoms with E-state index in [1.165, 1.54) is 16.7 Å². The zero-order chi connectivity index (χ0) is 16.5. The van der Waals surface area contributed by atoms with Gasteiger partial charge in [-0.3, -0.25) is 0 Å². The lowest BCUT2D eigenvalue weighted by molar-refractivity contribution is 0.337. The van der Waals surface area contributed by atoms with Crippen LogP contribution in [0.5, 0.6) is 0 Å². The first-order valence-electron chi connectivity index (χ1n) is 7.42. The van der Waals surface area contributed by atoms with Crippen LogP contribution >= 0.6 is 8.38 Å². The Morgan fingerprint density at radius 1 is 1.00 bits per heavy atom. The van der Waals surface area contributed by atoms with Crippen molar-refractivity contribution in [3.8, 4) is 0 Å². The largest absolute Gasteiger partial charge is 0.346 e. The van der Waals surface area contributed by atoms with E-state index in [2.05, 4.69) is 39.0 Å². The van der Waals surface area contributed by atoms with Gasteiger partial charge in [0, 0.05) is 11.8 Å². The minimum Gasteiger partial charge on any atom is -0.346 e. The summed E-state index contributed by atoms with van der Waals surface area (Å²) in [5.74, 6) is 0. The Morgan fingerprint density at radius 2 is 1.50 bits per heavy atom. The van der Waals surface area contributed by atoms with Gasteiger partial charge in [-0.2, -0.15) is 0 Å². The van der Waals surface area contributed by atoms with Crippen molar-refractivity contribution in [2.24, 2.45) is 5.73 Å². The van der Waals surface area contributed by atoms with Gasteiger partial charge in [0.15, 0.2) is 0 Å². The molecule has 22 heavy (non-hydrogen) atoms.